The molecule has 0 aliphatic heterocycles. The molecule has 0 bridgehead atoms. The van der Waals surface area contributed by atoms with E-state index >= 15 is 0 Å². The number of rotatable bonds is 5. The van der Waals surface area contributed by atoms with Crippen LogP contribution in [-0.2, 0) is 0 Å². The molecule has 0 N–H and O–H groups in total. The average molecular weight is 351 g/mol. The summed E-state index contributed by atoms with van der Waals surface area (Å²) < 4.78 is 5.98. The van der Waals surface area contributed by atoms with Crippen molar-refractivity contribution in [2.75, 3.05) is 0 Å². The number of aromatic nitrogens is 1. The van der Waals surface area contributed by atoms with Gasteiger partial charge in [0.1, 0.15) is 5.75 Å². The number of carbonyl (C=O) groups is 1. The van der Waals surface area contributed by atoms with Crippen LogP contribution in [0.2, 0.25) is 0 Å². The molecule has 0 atom stereocenters. The topological polar surface area (TPSA) is 39.2 Å². The van der Waals surface area contributed by atoms with Crippen LogP contribution < -0.4 is 4.74 Å². The van der Waals surface area contributed by atoms with Crippen LogP contribution in [0.15, 0.2) is 97.1 Å². The van der Waals surface area contributed by atoms with E-state index in [0.717, 1.165) is 16.5 Å². The fraction of sp³-hybridized carbons (Fsp3) is 0. The lowest BCUT2D eigenvalue weighted by Gasteiger charge is -2.09. The van der Waals surface area contributed by atoms with Gasteiger partial charge in [-0.15, -0.1) is 0 Å². The summed E-state index contributed by atoms with van der Waals surface area (Å²) in [7, 11) is 0. The number of ketones is 1. The second-order valence-electron chi connectivity index (χ2n) is 6.05. The molecule has 1 aromatic heterocycles. The maximum absolute atomic E-state index is 12.4. The molecule has 0 fully saturated rings. The highest BCUT2D eigenvalue weighted by molar-refractivity contribution is 6.07. The third kappa shape index (κ3) is 3.93. The molecular weight excluding hydrogens is 334 g/mol. The molecule has 4 rings (SSSR count). The summed E-state index contributed by atoms with van der Waals surface area (Å²) in [6.45, 7) is 0. The number of benzene rings is 3. The van der Waals surface area contributed by atoms with E-state index in [4.69, 9.17) is 4.74 Å². The molecule has 0 amide bonds. The molecule has 0 aliphatic carbocycles. The van der Waals surface area contributed by atoms with E-state index in [9.17, 15) is 4.79 Å². The Hall–Kier alpha value is -3.72. The van der Waals surface area contributed by atoms with Crippen molar-refractivity contribution < 1.29 is 9.53 Å². The summed E-state index contributed by atoms with van der Waals surface area (Å²) in [5.74, 6) is 1.11. The first-order valence-electron chi connectivity index (χ1n) is 8.70. The smallest absolute Gasteiger partial charge is 0.227 e. The molecule has 0 spiro atoms. The van der Waals surface area contributed by atoms with Gasteiger partial charge in [-0.25, -0.2) is 4.98 Å². The highest BCUT2D eigenvalue weighted by Gasteiger charge is 2.08. The zero-order chi connectivity index (χ0) is 18.5. The maximum atomic E-state index is 12.4. The number of hydrogen-bond acceptors (Lipinski definition) is 3. The van der Waals surface area contributed by atoms with Gasteiger partial charge in [0.15, 0.2) is 5.78 Å². The summed E-state index contributed by atoms with van der Waals surface area (Å²) in [4.78, 5) is 17.0. The van der Waals surface area contributed by atoms with E-state index in [1.807, 2.05) is 78.9 Å². The molecule has 0 saturated carbocycles. The van der Waals surface area contributed by atoms with Crippen LogP contribution in [0, 0.1) is 0 Å². The summed E-state index contributed by atoms with van der Waals surface area (Å²) in [5, 5.41) is 0.990. The molecular formula is C24H17NO2. The minimum atomic E-state index is -0.0607. The van der Waals surface area contributed by atoms with Crippen molar-refractivity contribution in [3.05, 3.63) is 108 Å². The number of hydrogen-bond donors (Lipinski definition) is 0. The van der Waals surface area contributed by atoms with Crippen LogP contribution in [-0.4, -0.2) is 10.8 Å². The number of ether oxygens (including phenoxy) is 1. The fourth-order valence-corrected chi connectivity index (χ4v) is 2.78. The summed E-state index contributed by atoms with van der Waals surface area (Å²) >= 11 is 0. The second-order valence-corrected chi connectivity index (χ2v) is 6.05. The van der Waals surface area contributed by atoms with Crippen molar-refractivity contribution in [1.82, 2.24) is 4.98 Å². The van der Waals surface area contributed by atoms with Crippen LogP contribution in [0.5, 0.6) is 11.6 Å². The quantitative estimate of drug-likeness (QED) is 0.331. The lowest BCUT2D eigenvalue weighted by molar-refractivity contribution is 0.104. The van der Waals surface area contributed by atoms with E-state index in [-0.39, 0.29) is 5.78 Å². The molecule has 1 heterocycles. The molecule has 0 aliphatic rings. The van der Waals surface area contributed by atoms with Crippen molar-refractivity contribution in [1.29, 1.82) is 0 Å². The molecule has 4 aromatic rings. The van der Waals surface area contributed by atoms with Crippen LogP contribution in [0.4, 0.5) is 0 Å². The van der Waals surface area contributed by atoms with Crippen LogP contribution in [0.25, 0.3) is 17.0 Å². The van der Waals surface area contributed by atoms with E-state index in [2.05, 4.69) is 4.98 Å². The minimum Gasteiger partial charge on any atom is -0.438 e. The molecule has 27 heavy (non-hydrogen) atoms. The lowest BCUT2D eigenvalue weighted by Crippen LogP contribution is -1.95. The van der Waals surface area contributed by atoms with Gasteiger partial charge in [0.2, 0.25) is 5.88 Å². The van der Waals surface area contributed by atoms with Gasteiger partial charge in [0, 0.05) is 16.5 Å². The zero-order valence-corrected chi connectivity index (χ0v) is 14.6. The van der Waals surface area contributed by atoms with Gasteiger partial charge in [0.05, 0.1) is 5.52 Å². The van der Waals surface area contributed by atoms with Gasteiger partial charge >= 0.3 is 0 Å². The number of nitrogens with zero attached hydrogens (tertiary/aromatic N) is 1. The van der Waals surface area contributed by atoms with E-state index in [0.29, 0.717) is 17.2 Å². The van der Waals surface area contributed by atoms with Crippen LogP contribution in [0.3, 0.4) is 0 Å². The number of allylic oxidation sites excluding steroid dienone is 1. The molecule has 130 valence electrons. The summed E-state index contributed by atoms with van der Waals surface area (Å²) in [6.07, 6.45) is 3.31. The monoisotopic (exact) mass is 351 g/mol. The van der Waals surface area contributed by atoms with Crippen molar-refractivity contribution in [3.63, 3.8) is 0 Å². The highest BCUT2D eigenvalue weighted by atomic mass is 16.5. The van der Waals surface area contributed by atoms with Crippen molar-refractivity contribution in [2.24, 2.45) is 0 Å². The Morgan fingerprint density at radius 2 is 1.48 bits per heavy atom. The normalized spacial score (nSPS) is 11.0. The van der Waals surface area contributed by atoms with Gasteiger partial charge in [-0.3, -0.25) is 4.79 Å². The Labute approximate surface area is 157 Å². The second kappa shape index (κ2) is 7.67. The predicted octanol–water partition coefficient (Wildman–Crippen LogP) is 5.92. The van der Waals surface area contributed by atoms with Gasteiger partial charge in [0.25, 0.3) is 0 Å². The van der Waals surface area contributed by atoms with Crippen LogP contribution >= 0.6 is 0 Å². The van der Waals surface area contributed by atoms with Crippen molar-refractivity contribution in [3.8, 4) is 11.6 Å². The molecule has 3 heteroatoms. The molecule has 3 nitrogen and oxygen atoms in total. The molecule has 3 aromatic carbocycles. The highest BCUT2D eigenvalue weighted by Crippen LogP contribution is 2.28. The zero-order valence-electron chi connectivity index (χ0n) is 14.6. The first-order valence-corrected chi connectivity index (χ1v) is 8.70. The Kier molecular flexibility index (Phi) is 4.75. The number of para-hydroxylation sites is 2. The first kappa shape index (κ1) is 16.7. The predicted molar refractivity (Wildman–Crippen MR) is 108 cm³/mol. The Balaban J connectivity index is 1.72. The number of pyridine rings is 1. The SMILES string of the molecule is O=C(/C=C/c1cc2ccccc2nc1Oc1ccccc1)c1ccccc1. The average Bonchev–Trinajstić information content (AvgIpc) is 2.73. The summed E-state index contributed by atoms with van der Waals surface area (Å²) in [5.41, 5.74) is 2.24. The van der Waals surface area contributed by atoms with Gasteiger partial charge in [-0.2, -0.15) is 0 Å². The summed E-state index contributed by atoms with van der Waals surface area (Å²) in [6, 6.07) is 28.5. The largest absolute Gasteiger partial charge is 0.438 e. The number of carbonyl (C=O) groups excluding carboxylic acids is 1. The molecule has 0 radical (unpaired) electrons. The van der Waals surface area contributed by atoms with E-state index < -0.39 is 0 Å². The fourth-order valence-electron chi connectivity index (χ4n) is 2.78. The molecule has 0 saturated heterocycles. The van der Waals surface area contributed by atoms with Gasteiger partial charge < -0.3 is 4.74 Å². The Morgan fingerprint density at radius 1 is 0.815 bits per heavy atom. The van der Waals surface area contributed by atoms with E-state index in [1.54, 1.807) is 24.3 Å². The lowest BCUT2D eigenvalue weighted by atomic mass is 10.1. The molecule has 0 unspecified atom stereocenters. The standard InChI is InChI=1S/C24H17NO2/c26-23(18-9-3-1-4-10-18)16-15-20-17-19-11-7-8-14-22(19)25-24(20)27-21-12-5-2-6-13-21/h1-17H/b16-15+. The van der Waals surface area contributed by atoms with Crippen LogP contribution in [0.1, 0.15) is 15.9 Å². The number of fused-ring (bicyclic) bond motifs is 1. The van der Waals surface area contributed by atoms with Gasteiger partial charge in [-0.05, 0) is 36.4 Å². The van der Waals surface area contributed by atoms with Crippen molar-refractivity contribution in [2.45, 2.75) is 0 Å². The van der Waals surface area contributed by atoms with Crippen molar-refractivity contribution >= 4 is 22.8 Å². The third-order valence-electron chi connectivity index (χ3n) is 4.15. The Bertz CT molecular complexity index is 1100. The minimum absolute atomic E-state index is 0.0607. The maximum Gasteiger partial charge on any atom is 0.227 e. The van der Waals surface area contributed by atoms with Gasteiger partial charge in [-0.1, -0.05) is 66.7 Å². The Morgan fingerprint density at radius 3 is 2.26 bits per heavy atom. The third-order valence-corrected chi connectivity index (χ3v) is 4.15. The van der Waals surface area contributed by atoms with E-state index in [1.165, 1.54) is 0 Å². The first-order chi connectivity index (χ1) is 13.3.